The summed E-state index contributed by atoms with van der Waals surface area (Å²) in [5.74, 6) is -0.0704. The van der Waals surface area contributed by atoms with Crippen molar-refractivity contribution in [3.8, 4) is 6.07 Å². The number of hydrogen-bond donors (Lipinski definition) is 0. The van der Waals surface area contributed by atoms with Gasteiger partial charge in [0.2, 0.25) is 5.91 Å². The number of rotatable bonds is 2. The number of thiophene rings is 1. The molecule has 0 radical (unpaired) electrons. The first-order valence-corrected chi connectivity index (χ1v) is 13.3. The van der Waals surface area contributed by atoms with E-state index in [1.54, 1.807) is 16.2 Å². The Balaban J connectivity index is 1.70. The quantitative estimate of drug-likeness (QED) is 0.486. The van der Waals surface area contributed by atoms with E-state index in [1.807, 2.05) is 25.1 Å². The van der Waals surface area contributed by atoms with Crippen LogP contribution in [0.25, 0.3) is 0 Å². The van der Waals surface area contributed by atoms with Crippen molar-refractivity contribution in [3.63, 3.8) is 0 Å². The predicted octanol–water partition coefficient (Wildman–Crippen LogP) is 6.75. The lowest BCUT2D eigenvalue weighted by molar-refractivity contribution is -0.120. The van der Waals surface area contributed by atoms with Crippen LogP contribution in [-0.4, -0.2) is 11.7 Å². The summed E-state index contributed by atoms with van der Waals surface area (Å²) in [5.41, 5.74) is 5.35. The number of nitriles is 1. The Hall–Kier alpha value is -2.71. The number of aryl methyl sites for hydroxylation is 2. The summed E-state index contributed by atoms with van der Waals surface area (Å²) >= 11 is 1.61. The van der Waals surface area contributed by atoms with Crippen LogP contribution in [0.2, 0.25) is 0 Å². The second-order valence-corrected chi connectivity index (χ2v) is 12.0. The van der Waals surface area contributed by atoms with Crippen LogP contribution in [0.5, 0.6) is 0 Å². The van der Waals surface area contributed by atoms with Gasteiger partial charge in [0.1, 0.15) is 11.1 Å². The Bertz CT molecular complexity index is 1240. The molecule has 176 valence electrons. The van der Waals surface area contributed by atoms with Crippen molar-refractivity contribution in [3.05, 3.63) is 62.7 Å². The van der Waals surface area contributed by atoms with Gasteiger partial charge in [0.05, 0.1) is 5.56 Å². The Labute approximate surface area is 206 Å². The first-order valence-electron chi connectivity index (χ1n) is 12.5. The van der Waals surface area contributed by atoms with Crippen molar-refractivity contribution in [1.29, 1.82) is 5.26 Å². The first-order chi connectivity index (χ1) is 16.3. The third-order valence-electron chi connectivity index (χ3n) is 7.56. The SMILES string of the molecule is Cc1cccc([C@H]2CC(=O)N(c3sc4c(c3C#N)CCCCCC4)C3=C2C(=O)CC(C)(C)C3)c1. The molecular weight excluding hydrogens is 440 g/mol. The van der Waals surface area contributed by atoms with Crippen LogP contribution >= 0.6 is 11.3 Å². The molecule has 2 aromatic rings. The molecule has 1 aromatic heterocycles. The topological polar surface area (TPSA) is 61.2 Å². The minimum atomic E-state index is -0.221. The zero-order chi connectivity index (χ0) is 24.0. The highest BCUT2D eigenvalue weighted by Crippen LogP contribution is 2.51. The number of Topliss-reactive ketones (excluding diaryl/α,β-unsaturated/α-hetero) is 1. The number of allylic oxidation sites excluding steroid dienone is 2. The fourth-order valence-electron chi connectivity index (χ4n) is 6.00. The molecule has 5 heteroatoms. The minimum Gasteiger partial charge on any atom is -0.294 e. The van der Waals surface area contributed by atoms with Crippen molar-refractivity contribution in [1.82, 2.24) is 0 Å². The Kier molecular flexibility index (Phi) is 5.98. The van der Waals surface area contributed by atoms with Crippen LogP contribution < -0.4 is 4.90 Å². The van der Waals surface area contributed by atoms with Gasteiger partial charge in [0.15, 0.2) is 5.78 Å². The van der Waals surface area contributed by atoms with E-state index in [4.69, 9.17) is 0 Å². The van der Waals surface area contributed by atoms with Gasteiger partial charge >= 0.3 is 0 Å². The fraction of sp³-hybridized carbons (Fsp3) is 0.483. The number of amides is 1. The maximum absolute atomic E-state index is 13.8. The standard InChI is InChI=1S/C29H32N2O2S/c1-18-9-8-10-19(13-18)21-14-26(33)31(23-15-29(2,3)16-24(32)27(21)23)28-22(17-30)20-11-6-4-5-7-12-25(20)34-28/h8-10,13,21H,4-7,11-12,14-16H2,1-3H3/t21-/m1/s1. The van der Waals surface area contributed by atoms with Crippen LogP contribution in [0, 0.1) is 23.7 Å². The second kappa shape index (κ2) is 8.82. The molecular formula is C29H32N2O2S. The summed E-state index contributed by atoms with van der Waals surface area (Å²) in [6.07, 6.45) is 7.90. The summed E-state index contributed by atoms with van der Waals surface area (Å²) in [6.45, 7) is 6.25. The number of fused-ring (bicyclic) bond motifs is 1. The summed E-state index contributed by atoms with van der Waals surface area (Å²) in [5, 5.41) is 10.9. The van der Waals surface area contributed by atoms with Crippen LogP contribution in [0.15, 0.2) is 35.5 Å². The second-order valence-electron chi connectivity index (χ2n) is 10.9. The lowest BCUT2D eigenvalue weighted by atomic mass is 9.69. The van der Waals surface area contributed by atoms with E-state index < -0.39 is 0 Å². The van der Waals surface area contributed by atoms with Crippen LogP contribution in [-0.2, 0) is 22.4 Å². The lowest BCUT2D eigenvalue weighted by Gasteiger charge is -2.42. The van der Waals surface area contributed by atoms with Crippen LogP contribution in [0.4, 0.5) is 5.00 Å². The summed E-state index contributed by atoms with van der Waals surface area (Å²) in [6, 6.07) is 10.6. The molecule has 0 bridgehead atoms. The Morgan fingerprint density at radius 2 is 1.85 bits per heavy atom. The molecule has 34 heavy (non-hydrogen) atoms. The molecule has 1 aromatic carbocycles. The van der Waals surface area contributed by atoms with Crippen LogP contribution in [0.3, 0.4) is 0 Å². The molecule has 0 spiro atoms. The van der Waals surface area contributed by atoms with Gasteiger partial charge in [-0.05, 0) is 55.6 Å². The number of nitrogens with zero attached hydrogens (tertiary/aromatic N) is 2. The molecule has 1 atom stereocenters. The molecule has 1 amide bonds. The van der Waals surface area contributed by atoms with E-state index in [0.717, 1.165) is 58.6 Å². The molecule has 0 N–H and O–H groups in total. The predicted molar refractivity (Wildman–Crippen MR) is 136 cm³/mol. The van der Waals surface area contributed by atoms with Gasteiger partial charge in [-0.15, -0.1) is 11.3 Å². The number of carbonyl (C=O) groups excluding carboxylic acids is 2. The summed E-state index contributed by atoms with van der Waals surface area (Å²) < 4.78 is 0. The average molecular weight is 473 g/mol. The number of ketones is 1. The molecule has 2 aliphatic carbocycles. The van der Waals surface area contributed by atoms with Crippen LogP contribution in [0.1, 0.15) is 91.8 Å². The molecule has 3 aliphatic rings. The minimum absolute atomic E-state index is 0.00137. The average Bonchev–Trinajstić information content (AvgIpc) is 3.07. The highest BCUT2D eigenvalue weighted by atomic mass is 32.1. The van der Waals surface area contributed by atoms with E-state index in [1.165, 1.54) is 17.7 Å². The van der Waals surface area contributed by atoms with E-state index in [2.05, 4.69) is 26.0 Å². The molecule has 0 saturated carbocycles. The highest BCUT2D eigenvalue weighted by Gasteiger charge is 2.45. The molecule has 1 aliphatic heterocycles. The molecule has 0 unspecified atom stereocenters. The van der Waals surface area contributed by atoms with Crippen molar-refractivity contribution in [2.75, 3.05) is 4.90 Å². The zero-order valence-corrected chi connectivity index (χ0v) is 21.2. The van der Waals surface area contributed by atoms with Gasteiger partial charge < -0.3 is 0 Å². The van der Waals surface area contributed by atoms with E-state index in [-0.39, 0.29) is 29.4 Å². The maximum atomic E-state index is 13.8. The van der Waals surface area contributed by atoms with Crippen molar-refractivity contribution in [2.45, 2.75) is 84.5 Å². The normalized spacial score (nSPS) is 22.5. The Morgan fingerprint density at radius 3 is 2.59 bits per heavy atom. The third kappa shape index (κ3) is 4.03. The smallest absolute Gasteiger partial charge is 0.232 e. The van der Waals surface area contributed by atoms with Crippen molar-refractivity contribution >= 4 is 28.0 Å². The van der Waals surface area contributed by atoms with Gasteiger partial charge in [0, 0.05) is 34.9 Å². The van der Waals surface area contributed by atoms with E-state index in [0.29, 0.717) is 18.4 Å². The molecule has 4 nitrogen and oxygen atoms in total. The summed E-state index contributed by atoms with van der Waals surface area (Å²) in [7, 11) is 0. The molecule has 0 fully saturated rings. The fourth-order valence-corrected chi connectivity index (χ4v) is 7.38. The number of hydrogen-bond acceptors (Lipinski definition) is 4. The highest BCUT2D eigenvalue weighted by molar-refractivity contribution is 7.16. The molecule has 0 saturated heterocycles. The zero-order valence-electron chi connectivity index (χ0n) is 20.4. The van der Waals surface area contributed by atoms with Gasteiger partial charge in [-0.25, -0.2) is 0 Å². The summed E-state index contributed by atoms with van der Waals surface area (Å²) in [4.78, 5) is 30.4. The third-order valence-corrected chi connectivity index (χ3v) is 8.83. The number of carbonyl (C=O) groups is 2. The first kappa shape index (κ1) is 23.1. The number of benzene rings is 1. The van der Waals surface area contributed by atoms with E-state index in [9.17, 15) is 14.9 Å². The van der Waals surface area contributed by atoms with Gasteiger partial charge in [-0.2, -0.15) is 5.26 Å². The molecule has 2 heterocycles. The largest absolute Gasteiger partial charge is 0.294 e. The monoisotopic (exact) mass is 472 g/mol. The number of anilines is 1. The van der Waals surface area contributed by atoms with Gasteiger partial charge in [0.25, 0.3) is 0 Å². The van der Waals surface area contributed by atoms with Crippen molar-refractivity contribution < 1.29 is 9.59 Å². The van der Waals surface area contributed by atoms with E-state index >= 15 is 0 Å². The van der Waals surface area contributed by atoms with Gasteiger partial charge in [-0.1, -0.05) is 56.5 Å². The van der Waals surface area contributed by atoms with Crippen molar-refractivity contribution in [2.24, 2.45) is 5.41 Å². The van der Waals surface area contributed by atoms with Gasteiger partial charge in [-0.3, -0.25) is 14.5 Å². The Morgan fingerprint density at radius 1 is 1.09 bits per heavy atom. The maximum Gasteiger partial charge on any atom is 0.232 e. The molecule has 5 rings (SSSR count). The lowest BCUT2D eigenvalue weighted by Crippen LogP contribution is -2.43.